The van der Waals surface area contributed by atoms with E-state index in [0.29, 0.717) is 36.3 Å². The van der Waals surface area contributed by atoms with Crippen LogP contribution in [0.25, 0.3) is 11.0 Å². The number of nitrogens with zero attached hydrogens (tertiary/aromatic N) is 1. The van der Waals surface area contributed by atoms with Gasteiger partial charge in [-0.25, -0.2) is 13.4 Å². The van der Waals surface area contributed by atoms with Gasteiger partial charge in [0.15, 0.2) is 6.10 Å². The number of sulfonamides is 1. The van der Waals surface area contributed by atoms with E-state index < -0.39 is 40.6 Å². The van der Waals surface area contributed by atoms with E-state index in [1.54, 1.807) is 26.0 Å². The van der Waals surface area contributed by atoms with Gasteiger partial charge in [0, 0.05) is 25.4 Å². The Morgan fingerprint density at radius 1 is 1.15 bits per heavy atom. The first-order valence-corrected chi connectivity index (χ1v) is 14.7. The minimum absolute atomic E-state index is 0.0121. The zero-order chi connectivity index (χ0) is 29.7. The number of carboxylic acids is 1. The highest BCUT2D eigenvalue weighted by Crippen LogP contribution is 2.22. The second kappa shape index (κ2) is 12.8. The van der Waals surface area contributed by atoms with Crippen molar-refractivity contribution in [3.8, 4) is 0 Å². The number of benzene rings is 2. The number of aliphatic carboxylic acids is 1. The Balaban J connectivity index is 1.22. The number of rotatable bonds is 12. The molecule has 0 spiro atoms. The summed E-state index contributed by atoms with van der Waals surface area (Å²) in [4.78, 5) is 49.4. The lowest BCUT2D eigenvalue weighted by atomic mass is 10.0. The highest BCUT2D eigenvalue weighted by atomic mass is 32.2. The van der Waals surface area contributed by atoms with Crippen molar-refractivity contribution in [2.45, 2.75) is 69.5 Å². The van der Waals surface area contributed by atoms with Crippen molar-refractivity contribution in [3.05, 3.63) is 53.1 Å². The van der Waals surface area contributed by atoms with Crippen LogP contribution in [0.4, 0.5) is 5.95 Å². The average Bonchev–Trinajstić information content (AvgIpc) is 3.52. The van der Waals surface area contributed by atoms with E-state index in [2.05, 4.69) is 30.8 Å². The fourth-order valence-electron chi connectivity index (χ4n) is 4.92. The van der Waals surface area contributed by atoms with Crippen molar-refractivity contribution < 1.29 is 32.7 Å². The topological polar surface area (TPSA) is 192 Å². The number of anilines is 1. The summed E-state index contributed by atoms with van der Waals surface area (Å²) in [5.74, 6) is -1.83. The molecule has 1 fully saturated rings. The molecule has 0 saturated carbocycles. The predicted octanol–water partition coefficient (Wildman–Crippen LogP) is 1.81. The van der Waals surface area contributed by atoms with Crippen LogP contribution in [0.15, 0.2) is 41.3 Å². The van der Waals surface area contributed by atoms with E-state index in [-0.39, 0.29) is 23.3 Å². The normalized spacial score (nSPS) is 17.8. The Kier molecular flexibility index (Phi) is 9.38. The van der Waals surface area contributed by atoms with E-state index in [1.165, 1.54) is 0 Å². The highest BCUT2D eigenvalue weighted by Gasteiger charge is 2.33. The number of amides is 2. The molecule has 6 N–H and O–H groups in total. The number of para-hydroxylation sites is 2. The predicted molar refractivity (Wildman–Crippen MR) is 150 cm³/mol. The first-order chi connectivity index (χ1) is 19.4. The van der Waals surface area contributed by atoms with E-state index in [0.717, 1.165) is 16.6 Å². The van der Waals surface area contributed by atoms with Gasteiger partial charge in [0.2, 0.25) is 21.9 Å². The molecule has 2 amide bonds. The lowest BCUT2D eigenvalue weighted by Gasteiger charge is -2.19. The third kappa shape index (κ3) is 7.67. The van der Waals surface area contributed by atoms with Crippen LogP contribution in [0, 0.1) is 20.8 Å². The summed E-state index contributed by atoms with van der Waals surface area (Å²) >= 11 is 0. The smallest absolute Gasteiger partial charge is 0.323 e. The van der Waals surface area contributed by atoms with Gasteiger partial charge in [-0.05, 0) is 56.9 Å². The number of H-pyrrole nitrogens is 1. The van der Waals surface area contributed by atoms with Crippen LogP contribution in [0.1, 0.15) is 42.4 Å². The number of carboxylic acid groups (broad SMARTS) is 1. The standard InChI is InChI=1S/C27H34N6O7S/c1-15-11-16(2)24(17(3)12-15)41(38,39)33-21(26(36)37)14-28-25(35)22-13-18(32-40-22)7-6-10-23(34)31-27-29-19-8-4-5-9-20(19)30-27/h4-5,8-9,11-12,18,21-22,32-33H,6-7,10,13-14H2,1-3H3,(H,28,35)(H,36,37)(H2,29,30,31,34). The van der Waals surface area contributed by atoms with Gasteiger partial charge in [-0.3, -0.25) is 24.5 Å². The van der Waals surface area contributed by atoms with Crippen LogP contribution in [-0.4, -0.2) is 66.0 Å². The zero-order valence-electron chi connectivity index (χ0n) is 23.0. The van der Waals surface area contributed by atoms with Gasteiger partial charge >= 0.3 is 5.97 Å². The van der Waals surface area contributed by atoms with Crippen LogP contribution in [0.3, 0.4) is 0 Å². The number of imidazole rings is 1. The number of hydroxylamine groups is 1. The molecule has 0 radical (unpaired) electrons. The quantitative estimate of drug-likeness (QED) is 0.184. The van der Waals surface area contributed by atoms with Crippen molar-refractivity contribution >= 4 is 44.8 Å². The van der Waals surface area contributed by atoms with Gasteiger partial charge < -0.3 is 15.4 Å². The van der Waals surface area contributed by atoms with E-state index in [9.17, 15) is 27.9 Å². The molecule has 4 rings (SSSR count). The van der Waals surface area contributed by atoms with Crippen molar-refractivity contribution in [1.82, 2.24) is 25.5 Å². The maximum Gasteiger partial charge on any atom is 0.323 e. The molecule has 1 aromatic heterocycles. The molecule has 41 heavy (non-hydrogen) atoms. The summed E-state index contributed by atoms with van der Waals surface area (Å²) in [5.41, 5.74) is 6.22. The number of fused-ring (bicyclic) bond motifs is 1. The van der Waals surface area contributed by atoms with Crippen LogP contribution in [0.5, 0.6) is 0 Å². The Bertz CT molecular complexity index is 1500. The SMILES string of the molecule is Cc1cc(C)c(S(=O)(=O)NC(CNC(=O)C2CC(CCCC(=O)Nc3nc4ccccc4[nH]3)NO2)C(=O)O)c(C)c1. The largest absolute Gasteiger partial charge is 0.480 e. The second-order valence-electron chi connectivity index (χ2n) is 10.2. The van der Waals surface area contributed by atoms with Gasteiger partial charge in [-0.2, -0.15) is 10.2 Å². The summed E-state index contributed by atoms with van der Waals surface area (Å²) in [6.45, 7) is 4.65. The molecule has 1 aliphatic rings. The van der Waals surface area contributed by atoms with E-state index in [1.807, 2.05) is 31.2 Å². The summed E-state index contributed by atoms with van der Waals surface area (Å²) in [6.07, 6.45) is 0.748. The molecule has 3 unspecified atom stereocenters. The monoisotopic (exact) mass is 586 g/mol. The van der Waals surface area contributed by atoms with Crippen LogP contribution >= 0.6 is 0 Å². The molecule has 0 aliphatic carbocycles. The van der Waals surface area contributed by atoms with E-state index in [4.69, 9.17) is 4.84 Å². The van der Waals surface area contributed by atoms with E-state index >= 15 is 0 Å². The minimum Gasteiger partial charge on any atom is -0.480 e. The zero-order valence-corrected chi connectivity index (χ0v) is 23.8. The fourth-order valence-corrected chi connectivity index (χ4v) is 6.56. The lowest BCUT2D eigenvalue weighted by Crippen LogP contribution is -2.50. The van der Waals surface area contributed by atoms with Gasteiger partial charge in [-0.1, -0.05) is 29.8 Å². The summed E-state index contributed by atoms with van der Waals surface area (Å²) in [6, 6.07) is 9.07. The Morgan fingerprint density at radius 2 is 1.85 bits per heavy atom. The molecule has 13 nitrogen and oxygen atoms in total. The molecule has 2 aromatic carbocycles. The molecule has 3 atom stereocenters. The first-order valence-electron chi connectivity index (χ1n) is 13.2. The highest BCUT2D eigenvalue weighted by molar-refractivity contribution is 7.89. The van der Waals surface area contributed by atoms with Crippen LogP contribution in [-0.2, 0) is 29.2 Å². The van der Waals surface area contributed by atoms with Crippen molar-refractivity contribution in [2.24, 2.45) is 0 Å². The Morgan fingerprint density at radius 3 is 2.54 bits per heavy atom. The summed E-state index contributed by atoms with van der Waals surface area (Å²) in [7, 11) is -4.17. The number of carbonyl (C=O) groups excluding carboxylic acids is 2. The molecule has 1 saturated heterocycles. The summed E-state index contributed by atoms with van der Waals surface area (Å²) in [5, 5.41) is 14.8. The maximum absolute atomic E-state index is 13.0. The van der Waals surface area contributed by atoms with Gasteiger partial charge in [0.25, 0.3) is 5.91 Å². The minimum atomic E-state index is -4.17. The molecular formula is C27H34N6O7S. The molecule has 2 heterocycles. The average molecular weight is 587 g/mol. The molecule has 14 heteroatoms. The van der Waals surface area contributed by atoms with Crippen molar-refractivity contribution in [2.75, 3.05) is 11.9 Å². The number of aromatic amines is 1. The molecule has 220 valence electrons. The Labute approximate surface area is 237 Å². The second-order valence-corrected chi connectivity index (χ2v) is 11.8. The van der Waals surface area contributed by atoms with Gasteiger partial charge in [0.05, 0.1) is 15.9 Å². The maximum atomic E-state index is 13.0. The molecular weight excluding hydrogens is 552 g/mol. The lowest BCUT2D eigenvalue weighted by molar-refractivity contribution is -0.139. The van der Waals surface area contributed by atoms with Crippen molar-refractivity contribution in [1.29, 1.82) is 0 Å². The third-order valence-electron chi connectivity index (χ3n) is 6.72. The number of aromatic nitrogens is 2. The number of nitrogens with one attached hydrogen (secondary N) is 5. The van der Waals surface area contributed by atoms with Crippen LogP contribution < -0.4 is 20.8 Å². The molecule has 3 aromatic rings. The Hall–Kier alpha value is -3.85. The fraction of sp³-hybridized carbons (Fsp3) is 0.407. The number of carbonyl (C=O) groups is 3. The molecule has 1 aliphatic heterocycles. The van der Waals surface area contributed by atoms with Gasteiger partial charge in [0.1, 0.15) is 6.04 Å². The molecule has 0 bridgehead atoms. The van der Waals surface area contributed by atoms with Crippen molar-refractivity contribution in [3.63, 3.8) is 0 Å². The number of hydrogen-bond donors (Lipinski definition) is 6. The van der Waals surface area contributed by atoms with Crippen LogP contribution in [0.2, 0.25) is 0 Å². The van der Waals surface area contributed by atoms with Gasteiger partial charge in [-0.15, -0.1) is 0 Å². The third-order valence-corrected chi connectivity index (χ3v) is 8.50. The summed E-state index contributed by atoms with van der Waals surface area (Å²) < 4.78 is 28.1. The number of hydrogen-bond acceptors (Lipinski definition) is 8. The number of aryl methyl sites for hydroxylation is 3. The first kappa shape index (κ1) is 30.1.